The van der Waals surface area contributed by atoms with Crippen LogP contribution in [-0.2, 0) is 29.8 Å². The monoisotopic (exact) mass is 620 g/mol. The Morgan fingerprint density at radius 2 is 2.07 bits per heavy atom. The van der Waals surface area contributed by atoms with E-state index >= 15 is 0 Å². The second-order valence-corrected chi connectivity index (χ2v) is 15.0. The predicted octanol–water partition coefficient (Wildman–Crippen LogP) is 2.34. The molecule has 2 aliphatic heterocycles. The molecule has 3 aromatic rings. The first-order chi connectivity index (χ1) is 20.1. The summed E-state index contributed by atoms with van der Waals surface area (Å²) in [6, 6.07) is 6.47. The van der Waals surface area contributed by atoms with Crippen molar-refractivity contribution in [1.29, 1.82) is 0 Å². The summed E-state index contributed by atoms with van der Waals surface area (Å²) in [6.07, 6.45) is 1.45. The van der Waals surface area contributed by atoms with Crippen molar-refractivity contribution in [2.75, 3.05) is 19.5 Å². The van der Waals surface area contributed by atoms with Gasteiger partial charge in [0.15, 0.2) is 17.4 Å². The average Bonchev–Trinajstić information content (AvgIpc) is 3.64. The van der Waals surface area contributed by atoms with E-state index in [-0.39, 0.29) is 42.1 Å². The van der Waals surface area contributed by atoms with E-state index in [1.54, 1.807) is 0 Å². The first kappa shape index (κ1) is 29.3. The standard InChI is InChI=1S/C26H33N6O8PS/c1-26(35)20(33)17(40-24(26)32-13-28-19-21(32)29-25(27)30-22(19)37-2)12-38-41(36)31-16(23(34)39-15-8-4-5-9-15)11-14-7-3-6-10-18(14)42-41/h3,6-7,10,13,15-17,20,24,33,35H,4-5,8-9,11-12H2,1-2H3,(H,31,36)(H2,27,29,30)/t16-,17-,20-,24-,26-,41?/m1/s1. The SMILES string of the molecule is COc1nc(N)nc2c1ncn2[C@@H]1O[C@H](COP2(=O)N[C@@H](C(=O)OC3CCCC3)Cc3ccccc3S2)[C@@H](O)[C@@]1(C)O. The number of aliphatic hydroxyl groups excluding tert-OH is 1. The second kappa shape index (κ2) is 11.4. The van der Waals surface area contributed by atoms with Crippen molar-refractivity contribution in [2.45, 2.75) is 80.1 Å². The van der Waals surface area contributed by atoms with E-state index in [9.17, 15) is 19.6 Å². The average molecular weight is 621 g/mol. The number of benzene rings is 1. The van der Waals surface area contributed by atoms with Crippen LogP contribution in [0.15, 0.2) is 35.5 Å². The molecule has 16 heteroatoms. The number of rotatable bonds is 7. The van der Waals surface area contributed by atoms with Gasteiger partial charge in [0, 0.05) is 11.3 Å². The number of aromatic nitrogens is 4. The number of aliphatic hydroxyl groups is 2. The lowest BCUT2D eigenvalue weighted by atomic mass is 9.96. The highest BCUT2D eigenvalue weighted by molar-refractivity contribution is 8.56. The van der Waals surface area contributed by atoms with Gasteiger partial charge < -0.3 is 34.7 Å². The zero-order valence-corrected chi connectivity index (χ0v) is 24.8. The van der Waals surface area contributed by atoms with Crippen LogP contribution in [0, 0.1) is 0 Å². The van der Waals surface area contributed by atoms with Gasteiger partial charge in [-0.1, -0.05) is 18.2 Å². The predicted molar refractivity (Wildman–Crippen MR) is 152 cm³/mol. The van der Waals surface area contributed by atoms with Crippen molar-refractivity contribution in [3.8, 4) is 5.88 Å². The topological polar surface area (TPSA) is 193 Å². The third kappa shape index (κ3) is 5.50. The third-order valence-corrected chi connectivity index (χ3v) is 11.7. The van der Waals surface area contributed by atoms with E-state index < -0.39 is 42.8 Å². The van der Waals surface area contributed by atoms with E-state index in [2.05, 4.69) is 20.0 Å². The van der Waals surface area contributed by atoms with Crippen LogP contribution < -0.4 is 15.6 Å². The fourth-order valence-electron chi connectivity index (χ4n) is 5.60. The quantitative estimate of drug-likeness (QED) is 0.222. The van der Waals surface area contributed by atoms with E-state index in [1.165, 1.54) is 24.9 Å². The molecule has 42 heavy (non-hydrogen) atoms. The molecule has 1 saturated heterocycles. The van der Waals surface area contributed by atoms with E-state index in [0.29, 0.717) is 4.90 Å². The highest BCUT2D eigenvalue weighted by atomic mass is 32.7. The maximum absolute atomic E-state index is 14.1. The number of fused-ring (bicyclic) bond motifs is 2. The Kier molecular flexibility index (Phi) is 7.94. The number of nitrogen functional groups attached to an aromatic ring is 1. The van der Waals surface area contributed by atoms with Gasteiger partial charge in [-0.2, -0.15) is 9.97 Å². The zero-order chi connectivity index (χ0) is 29.6. The van der Waals surface area contributed by atoms with Crippen molar-refractivity contribution in [3.63, 3.8) is 0 Å². The lowest BCUT2D eigenvalue weighted by Crippen LogP contribution is -2.44. The molecular formula is C26H33N6O8PS. The molecule has 1 unspecified atom stereocenters. The number of esters is 1. The van der Waals surface area contributed by atoms with Crippen molar-refractivity contribution >= 4 is 41.2 Å². The summed E-state index contributed by atoms with van der Waals surface area (Å²) in [6.45, 7) is -2.73. The van der Waals surface area contributed by atoms with Crippen LogP contribution in [0.2, 0.25) is 0 Å². The normalized spacial score (nSPS) is 31.6. The van der Waals surface area contributed by atoms with Gasteiger partial charge in [-0.25, -0.2) is 10.1 Å². The molecule has 14 nitrogen and oxygen atoms in total. The molecule has 5 N–H and O–H groups in total. The number of carbonyl (C=O) groups excluding carboxylic acids is 1. The number of nitrogens with one attached hydrogen (secondary N) is 1. The second-order valence-electron chi connectivity index (χ2n) is 10.8. The molecule has 0 radical (unpaired) electrons. The Balaban J connectivity index is 1.22. The van der Waals surface area contributed by atoms with Gasteiger partial charge in [0.1, 0.15) is 30.0 Å². The van der Waals surface area contributed by atoms with Crippen LogP contribution in [0.3, 0.4) is 0 Å². The van der Waals surface area contributed by atoms with Gasteiger partial charge in [-0.15, -0.1) is 0 Å². The maximum atomic E-state index is 14.1. The minimum absolute atomic E-state index is 0.0741. The van der Waals surface area contributed by atoms with Crippen LogP contribution in [0.1, 0.15) is 44.4 Å². The largest absolute Gasteiger partial charge is 0.479 e. The lowest BCUT2D eigenvalue weighted by Gasteiger charge is -2.27. The summed E-state index contributed by atoms with van der Waals surface area (Å²) in [5.74, 6) is -0.410. The Hall–Kier alpha value is -2.78. The van der Waals surface area contributed by atoms with Gasteiger partial charge in [0.25, 0.3) is 0 Å². The summed E-state index contributed by atoms with van der Waals surface area (Å²) in [4.78, 5) is 26.3. The summed E-state index contributed by atoms with van der Waals surface area (Å²) in [5, 5.41) is 25.3. The number of methoxy groups -OCH3 is 1. The number of hydrogen-bond acceptors (Lipinski definition) is 13. The Morgan fingerprint density at radius 3 is 2.83 bits per heavy atom. The highest BCUT2D eigenvalue weighted by Crippen LogP contribution is 2.62. The number of ether oxygens (including phenoxy) is 3. The number of anilines is 1. The summed E-state index contributed by atoms with van der Waals surface area (Å²) in [5.41, 5.74) is 5.36. The molecule has 4 heterocycles. The van der Waals surface area contributed by atoms with Crippen LogP contribution in [0.4, 0.5) is 5.95 Å². The van der Waals surface area contributed by atoms with Crippen molar-refractivity contribution in [1.82, 2.24) is 24.6 Å². The lowest BCUT2D eigenvalue weighted by molar-refractivity contribution is -0.150. The first-order valence-corrected chi connectivity index (χ1v) is 16.7. The Bertz CT molecular complexity index is 1530. The molecule has 2 fully saturated rings. The minimum atomic E-state index is -3.78. The fourth-order valence-corrected chi connectivity index (χ4v) is 9.56. The van der Waals surface area contributed by atoms with Crippen LogP contribution in [0.25, 0.3) is 11.2 Å². The summed E-state index contributed by atoms with van der Waals surface area (Å²) < 4.78 is 38.5. The van der Waals surface area contributed by atoms with Crippen molar-refractivity contribution in [3.05, 3.63) is 36.2 Å². The molecule has 6 atom stereocenters. The Morgan fingerprint density at radius 1 is 1.31 bits per heavy atom. The van der Waals surface area contributed by atoms with Crippen molar-refractivity contribution in [2.24, 2.45) is 0 Å². The third-order valence-electron chi connectivity index (χ3n) is 7.81. The number of nitrogens with two attached hydrogens (primary N) is 1. The van der Waals surface area contributed by atoms with Crippen LogP contribution in [0.5, 0.6) is 5.88 Å². The molecule has 0 bridgehead atoms. The Labute approximate surface area is 245 Å². The van der Waals surface area contributed by atoms with Gasteiger partial charge >= 0.3 is 12.7 Å². The van der Waals surface area contributed by atoms with Gasteiger partial charge in [0.05, 0.1) is 20.0 Å². The summed E-state index contributed by atoms with van der Waals surface area (Å²) >= 11 is 0.989. The molecule has 1 aliphatic carbocycles. The molecular weight excluding hydrogens is 587 g/mol. The number of nitrogens with zero attached hydrogens (tertiary/aromatic N) is 4. The van der Waals surface area contributed by atoms with E-state index in [1.807, 2.05) is 24.3 Å². The molecule has 226 valence electrons. The van der Waals surface area contributed by atoms with Crippen LogP contribution >= 0.6 is 18.1 Å². The number of carbonyl (C=O) groups is 1. The number of imidazole rings is 1. The molecule has 1 aromatic carbocycles. The molecule has 2 aromatic heterocycles. The van der Waals surface area contributed by atoms with Crippen LogP contribution in [-0.4, -0.2) is 79.4 Å². The molecule has 6 rings (SSSR count). The van der Waals surface area contributed by atoms with Crippen molar-refractivity contribution < 1.29 is 38.3 Å². The van der Waals surface area contributed by atoms with Gasteiger partial charge in [0.2, 0.25) is 11.8 Å². The first-order valence-electron chi connectivity index (χ1n) is 13.7. The summed E-state index contributed by atoms with van der Waals surface area (Å²) in [7, 11) is 1.42. The van der Waals surface area contributed by atoms with E-state index in [4.69, 9.17) is 24.5 Å². The minimum Gasteiger partial charge on any atom is -0.479 e. The molecule has 0 amide bonds. The molecule has 3 aliphatic rings. The highest BCUT2D eigenvalue weighted by Gasteiger charge is 2.54. The van der Waals surface area contributed by atoms with E-state index in [0.717, 1.165) is 42.6 Å². The molecule has 1 saturated carbocycles. The number of hydrogen-bond donors (Lipinski definition) is 4. The van der Waals surface area contributed by atoms with Gasteiger partial charge in [-0.05, 0) is 55.6 Å². The smallest absolute Gasteiger partial charge is 0.332 e. The fraction of sp³-hybridized carbons (Fsp3) is 0.538. The molecule has 0 spiro atoms. The zero-order valence-electron chi connectivity index (χ0n) is 23.1. The maximum Gasteiger partial charge on any atom is 0.332 e. The van der Waals surface area contributed by atoms with Gasteiger partial charge in [-0.3, -0.25) is 13.9 Å².